The number of rotatable bonds is 9. The number of halogens is 1. The highest BCUT2D eigenvalue weighted by atomic mass is 35.5. The summed E-state index contributed by atoms with van der Waals surface area (Å²) in [6.45, 7) is 7.27. The van der Waals surface area contributed by atoms with Gasteiger partial charge in [0.15, 0.2) is 0 Å². The number of esters is 1. The van der Waals surface area contributed by atoms with Crippen molar-refractivity contribution in [1.82, 2.24) is 10.2 Å². The van der Waals surface area contributed by atoms with Gasteiger partial charge < -0.3 is 15.2 Å². The second kappa shape index (κ2) is 13.8. The Morgan fingerprint density at radius 1 is 1.12 bits per heavy atom. The van der Waals surface area contributed by atoms with Gasteiger partial charge in [-0.1, -0.05) is 53.6 Å². The van der Waals surface area contributed by atoms with E-state index in [2.05, 4.69) is 5.32 Å². The summed E-state index contributed by atoms with van der Waals surface area (Å²) in [5.74, 6) is -1.73. The van der Waals surface area contributed by atoms with Gasteiger partial charge in [0.05, 0.1) is 22.4 Å². The molecule has 2 aromatic rings. The fraction of sp³-hybridized carbons (Fsp3) is 0.290. The van der Waals surface area contributed by atoms with Crippen molar-refractivity contribution in [2.45, 2.75) is 52.7 Å². The Morgan fingerprint density at radius 2 is 1.80 bits per heavy atom. The van der Waals surface area contributed by atoms with E-state index in [1.54, 1.807) is 45.2 Å². The minimum absolute atomic E-state index is 0.0309. The second-order valence-corrected chi connectivity index (χ2v) is 10.4. The van der Waals surface area contributed by atoms with Gasteiger partial charge in [0.2, 0.25) is 6.41 Å². The largest absolute Gasteiger partial charge is 0.507 e. The van der Waals surface area contributed by atoms with Crippen molar-refractivity contribution >= 4 is 41.6 Å². The smallest absolute Gasteiger partial charge is 0.335 e. The summed E-state index contributed by atoms with van der Waals surface area (Å²) in [5.41, 5.74) is 3.58. The molecule has 3 rings (SSSR count). The van der Waals surface area contributed by atoms with Crippen LogP contribution in [0.2, 0.25) is 5.02 Å². The molecule has 1 atom stereocenters. The maximum atomic E-state index is 13.3. The summed E-state index contributed by atoms with van der Waals surface area (Å²) in [4.78, 5) is 53.5. The molecule has 0 spiro atoms. The van der Waals surface area contributed by atoms with Crippen LogP contribution in [-0.2, 0) is 20.7 Å². The van der Waals surface area contributed by atoms with Crippen molar-refractivity contribution in [3.05, 3.63) is 93.7 Å². The monoisotopic (exact) mass is 579 g/mol. The topological polar surface area (TPSA) is 116 Å². The van der Waals surface area contributed by atoms with Crippen molar-refractivity contribution in [2.24, 2.45) is 0 Å². The maximum absolute atomic E-state index is 13.3. The van der Waals surface area contributed by atoms with Crippen LogP contribution < -0.4 is 10.2 Å². The number of allylic oxidation sites excluding steroid dienone is 5. The summed E-state index contributed by atoms with van der Waals surface area (Å²) in [7, 11) is 1.62. The molecule has 2 N–H and O–H groups in total. The molecule has 4 amide bonds. The molecule has 10 heteroatoms. The van der Waals surface area contributed by atoms with Crippen LogP contribution in [0.1, 0.15) is 50.0 Å². The molecule has 0 fully saturated rings. The van der Waals surface area contributed by atoms with Gasteiger partial charge in [-0.2, -0.15) is 0 Å². The number of urea groups is 1. The molecule has 0 saturated heterocycles. The highest BCUT2D eigenvalue weighted by molar-refractivity contribution is 6.34. The lowest BCUT2D eigenvalue weighted by Crippen LogP contribution is -2.44. The summed E-state index contributed by atoms with van der Waals surface area (Å²) in [5, 5.41) is 12.8. The van der Waals surface area contributed by atoms with Gasteiger partial charge in [-0.25, -0.2) is 14.5 Å². The summed E-state index contributed by atoms with van der Waals surface area (Å²) >= 11 is 6.10. The number of amides is 4. The number of aromatic hydroxyl groups is 1. The van der Waals surface area contributed by atoms with Gasteiger partial charge in [-0.15, -0.1) is 0 Å². The minimum Gasteiger partial charge on any atom is -0.507 e. The number of nitrogens with one attached hydrogen (secondary N) is 1. The van der Waals surface area contributed by atoms with E-state index in [1.165, 1.54) is 23.1 Å². The number of carbonyl (C=O) groups excluding carboxylic acids is 4. The second-order valence-electron chi connectivity index (χ2n) is 9.96. The first-order valence-corrected chi connectivity index (χ1v) is 13.4. The molecule has 0 radical (unpaired) electrons. The van der Waals surface area contributed by atoms with Crippen LogP contribution in [0.5, 0.6) is 5.75 Å². The van der Waals surface area contributed by atoms with E-state index in [4.69, 9.17) is 16.3 Å². The van der Waals surface area contributed by atoms with Gasteiger partial charge in [-0.3, -0.25) is 14.5 Å². The number of carbonyl (C=O) groups is 4. The standard InChI is InChI=1S/C31H34ClN3O6/c1-19(2)41-30(39)25(33-29(38)28-24(32)9-7-11-27(28)37)17-22-12-14-23(15-13-22)35(18-36)31(40)34(5)26-10-6-8-20(3)16-21(26)4/h6-9,11-16,18-19,25,37H,10,17H2,1-5H3,(H,33,38). The average Bonchev–Trinajstić information content (AvgIpc) is 3.08. The van der Waals surface area contributed by atoms with E-state index >= 15 is 0 Å². The third kappa shape index (κ3) is 7.85. The summed E-state index contributed by atoms with van der Waals surface area (Å²) in [6.07, 6.45) is 6.54. The van der Waals surface area contributed by atoms with Crippen LogP contribution >= 0.6 is 11.6 Å². The van der Waals surface area contributed by atoms with Crippen molar-refractivity contribution in [2.75, 3.05) is 11.9 Å². The number of imide groups is 1. The third-order valence-electron chi connectivity index (χ3n) is 6.41. The first kappa shape index (κ1) is 31.2. The number of hydrogen-bond donors (Lipinski definition) is 2. The van der Waals surface area contributed by atoms with Crippen molar-refractivity contribution in [3.63, 3.8) is 0 Å². The molecule has 1 aliphatic carbocycles. The van der Waals surface area contributed by atoms with Crippen LogP contribution in [0.4, 0.5) is 10.5 Å². The SMILES string of the molecule is CC1=CC(C)=C(N(C)C(=O)N(C=O)c2ccc(CC(NC(=O)c3c(O)cccc3Cl)C(=O)OC(C)C)cc2)CC=C1. The molecule has 2 aromatic carbocycles. The Kier molecular flexibility index (Phi) is 10.5. The summed E-state index contributed by atoms with van der Waals surface area (Å²) < 4.78 is 5.33. The number of nitrogens with zero attached hydrogens (tertiary/aromatic N) is 2. The first-order chi connectivity index (χ1) is 19.4. The number of anilines is 1. The zero-order valence-corrected chi connectivity index (χ0v) is 24.4. The predicted octanol–water partition coefficient (Wildman–Crippen LogP) is 5.53. The molecule has 0 aliphatic heterocycles. The Bertz CT molecular complexity index is 1390. The van der Waals surface area contributed by atoms with E-state index < -0.39 is 30.1 Å². The van der Waals surface area contributed by atoms with Crippen LogP contribution in [0, 0.1) is 0 Å². The summed E-state index contributed by atoms with van der Waals surface area (Å²) in [6, 6.07) is 9.12. The number of ether oxygens (including phenoxy) is 1. The van der Waals surface area contributed by atoms with Crippen LogP contribution in [-0.4, -0.2) is 53.5 Å². The predicted molar refractivity (Wildman–Crippen MR) is 158 cm³/mol. The highest BCUT2D eigenvalue weighted by Gasteiger charge is 2.27. The Balaban J connectivity index is 1.81. The number of phenolic OH excluding ortho intramolecular Hbond substituents is 1. The minimum atomic E-state index is -1.10. The van der Waals surface area contributed by atoms with E-state index in [9.17, 15) is 24.3 Å². The van der Waals surface area contributed by atoms with Crippen molar-refractivity contribution in [3.8, 4) is 5.75 Å². The van der Waals surface area contributed by atoms with E-state index in [1.807, 2.05) is 32.1 Å². The van der Waals surface area contributed by atoms with Crippen LogP contribution in [0.25, 0.3) is 0 Å². The van der Waals surface area contributed by atoms with E-state index in [0.29, 0.717) is 24.1 Å². The molecule has 41 heavy (non-hydrogen) atoms. The Labute approximate surface area is 244 Å². The fourth-order valence-corrected chi connectivity index (χ4v) is 4.64. The van der Waals surface area contributed by atoms with Crippen molar-refractivity contribution < 1.29 is 29.0 Å². The molecule has 1 unspecified atom stereocenters. The number of benzene rings is 2. The molecule has 0 bridgehead atoms. The Morgan fingerprint density at radius 3 is 2.41 bits per heavy atom. The normalized spacial score (nSPS) is 13.7. The molecular formula is C31H34ClN3O6. The van der Waals surface area contributed by atoms with Gasteiger partial charge in [-0.05, 0) is 63.1 Å². The Hall–Kier alpha value is -4.37. The molecule has 9 nitrogen and oxygen atoms in total. The highest BCUT2D eigenvalue weighted by Crippen LogP contribution is 2.26. The van der Waals surface area contributed by atoms with Gasteiger partial charge in [0.1, 0.15) is 11.8 Å². The zero-order chi connectivity index (χ0) is 30.3. The van der Waals surface area contributed by atoms with Gasteiger partial charge >= 0.3 is 12.0 Å². The lowest BCUT2D eigenvalue weighted by atomic mass is 10.0. The lowest BCUT2D eigenvalue weighted by molar-refractivity contribution is -0.149. The molecule has 1 aliphatic rings. The molecule has 0 aromatic heterocycles. The molecule has 216 valence electrons. The van der Waals surface area contributed by atoms with Gasteiger partial charge in [0.25, 0.3) is 5.91 Å². The van der Waals surface area contributed by atoms with E-state index in [-0.39, 0.29) is 22.8 Å². The molecule has 0 heterocycles. The van der Waals surface area contributed by atoms with Crippen LogP contribution in [0.15, 0.2) is 77.5 Å². The zero-order valence-electron chi connectivity index (χ0n) is 23.7. The number of phenols is 1. The van der Waals surface area contributed by atoms with Crippen molar-refractivity contribution in [1.29, 1.82) is 0 Å². The maximum Gasteiger partial charge on any atom is 0.335 e. The van der Waals surface area contributed by atoms with Gasteiger partial charge in [0, 0.05) is 25.6 Å². The third-order valence-corrected chi connectivity index (χ3v) is 6.72. The molecule has 0 saturated carbocycles. The van der Waals surface area contributed by atoms with Crippen LogP contribution in [0.3, 0.4) is 0 Å². The fourth-order valence-electron chi connectivity index (χ4n) is 4.39. The lowest BCUT2D eigenvalue weighted by Gasteiger charge is -2.26. The quantitative estimate of drug-likeness (QED) is 0.298. The molecular weight excluding hydrogens is 546 g/mol. The number of hydrogen-bond acceptors (Lipinski definition) is 6. The first-order valence-electron chi connectivity index (χ1n) is 13.1. The van der Waals surface area contributed by atoms with E-state index in [0.717, 1.165) is 21.7 Å². The average molecular weight is 580 g/mol.